The summed E-state index contributed by atoms with van der Waals surface area (Å²) in [6, 6.07) is 11.9. The maximum atomic E-state index is 13.2. The summed E-state index contributed by atoms with van der Waals surface area (Å²) in [6.45, 7) is 3.56. The minimum atomic E-state index is -5.00. The van der Waals surface area contributed by atoms with E-state index in [9.17, 15) is 27.9 Å². The number of halogens is 3. The highest BCUT2D eigenvalue weighted by Gasteiger charge is 2.46. The van der Waals surface area contributed by atoms with Crippen molar-refractivity contribution in [1.29, 1.82) is 0 Å². The number of hydrogen-bond acceptors (Lipinski definition) is 6. The number of anilines is 1. The van der Waals surface area contributed by atoms with Crippen LogP contribution in [0.15, 0.2) is 76.7 Å². The van der Waals surface area contributed by atoms with Gasteiger partial charge in [0.25, 0.3) is 5.91 Å². The van der Waals surface area contributed by atoms with E-state index in [-0.39, 0.29) is 29.2 Å². The van der Waals surface area contributed by atoms with Crippen LogP contribution in [0.5, 0.6) is 5.75 Å². The zero-order valence-electron chi connectivity index (χ0n) is 18.7. The third-order valence-electron chi connectivity index (χ3n) is 5.42. The molecule has 1 amide bonds. The number of aromatic nitrogens is 1. The van der Waals surface area contributed by atoms with Crippen molar-refractivity contribution in [3.05, 3.63) is 77.8 Å². The van der Waals surface area contributed by atoms with E-state index in [4.69, 9.17) is 4.52 Å². The van der Waals surface area contributed by atoms with Crippen LogP contribution in [0.1, 0.15) is 31.9 Å². The topological polar surface area (TPSA) is 92.9 Å². The lowest BCUT2D eigenvalue weighted by Crippen LogP contribution is -2.32. The fraction of sp³-hybridized carbons (Fsp3) is 0.240. The van der Waals surface area contributed by atoms with E-state index < -0.39 is 35.6 Å². The Bertz CT molecular complexity index is 1270. The van der Waals surface area contributed by atoms with Crippen LogP contribution in [-0.2, 0) is 9.59 Å². The van der Waals surface area contributed by atoms with Gasteiger partial charge in [0.2, 0.25) is 0 Å². The van der Waals surface area contributed by atoms with Crippen LogP contribution in [0.4, 0.5) is 18.9 Å². The van der Waals surface area contributed by atoms with Gasteiger partial charge in [-0.2, -0.15) is 0 Å². The molecule has 0 aliphatic carbocycles. The van der Waals surface area contributed by atoms with Crippen molar-refractivity contribution in [2.45, 2.75) is 32.7 Å². The third kappa shape index (κ3) is 4.91. The van der Waals surface area contributed by atoms with Crippen LogP contribution in [0.3, 0.4) is 0 Å². The number of carbonyl (C=O) groups excluding carboxylic acids is 2. The Morgan fingerprint density at radius 1 is 1.14 bits per heavy atom. The standard InChI is InChI=1S/C25H21F3N2O5/c1-14(2)13-19(31)21-22(17-5-3-4-6-20(17)35-25(26,27)28)30(24(33)23(21)32)16-9-7-15(8-10-16)18-11-12-34-29-18/h3-12,14,22,32H,13H2,1-2H3. The molecule has 0 saturated heterocycles. The zero-order chi connectivity index (χ0) is 25.3. The Labute approximate surface area is 198 Å². The van der Waals surface area contributed by atoms with E-state index >= 15 is 0 Å². The SMILES string of the molecule is CC(C)CC(=O)C1=C(O)C(=O)N(c2ccc(-c3ccon3)cc2)C1c1ccccc1OC(F)(F)F. The molecule has 0 saturated carbocycles. The van der Waals surface area contributed by atoms with Crippen LogP contribution in [-0.4, -0.2) is 28.3 Å². The monoisotopic (exact) mass is 486 g/mol. The number of para-hydroxylation sites is 1. The first-order valence-electron chi connectivity index (χ1n) is 10.7. The molecule has 0 radical (unpaired) electrons. The molecule has 0 fully saturated rings. The summed E-state index contributed by atoms with van der Waals surface area (Å²) in [5.41, 5.74) is 1.10. The number of nitrogens with zero attached hydrogens (tertiary/aromatic N) is 2. The van der Waals surface area contributed by atoms with Crippen molar-refractivity contribution < 1.29 is 37.1 Å². The van der Waals surface area contributed by atoms with Gasteiger partial charge in [0, 0.05) is 29.3 Å². The second kappa shape index (κ2) is 9.28. The van der Waals surface area contributed by atoms with Crippen LogP contribution >= 0.6 is 0 Å². The Morgan fingerprint density at radius 3 is 2.43 bits per heavy atom. The van der Waals surface area contributed by atoms with Gasteiger partial charge in [-0.05, 0) is 24.1 Å². The van der Waals surface area contributed by atoms with E-state index in [2.05, 4.69) is 9.89 Å². The number of alkyl halides is 3. The highest BCUT2D eigenvalue weighted by Crippen LogP contribution is 2.45. The van der Waals surface area contributed by atoms with Gasteiger partial charge < -0.3 is 14.4 Å². The summed E-state index contributed by atoms with van der Waals surface area (Å²) < 4.78 is 48.5. The lowest BCUT2D eigenvalue weighted by atomic mass is 9.91. The molecule has 182 valence electrons. The summed E-state index contributed by atoms with van der Waals surface area (Å²) in [5.74, 6) is -2.94. The maximum absolute atomic E-state index is 13.2. The van der Waals surface area contributed by atoms with E-state index in [0.29, 0.717) is 11.3 Å². The molecule has 0 spiro atoms. The lowest BCUT2D eigenvalue weighted by Gasteiger charge is -2.28. The van der Waals surface area contributed by atoms with Crippen molar-refractivity contribution in [3.63, 3.8) is 0 Å². The van der Waals surface area contributed by atoms with Crippen molar-refractivity contribution in [3.8, 4) is 17.0 Å². The number of carbonyl (C=O) groups is 2. The predicted octanol–water partition coefficient (Wildman–Crippen LogP) is 5.76. The van der Waals surface area contributed by atoms with Gasteiger partial charge in [-0.3, -0.25) is 14.5 Å². The first-order valence-corrected chi connectivity index (χ1v) is 10.7. The molecule has 4 rings (SSSR count). The van der Waals surface area contributed by atoms with E-state index in [1.807, 2.05) is 0 Å². The van der Waals surface area contributed by atoms with E-state index in [0.717, 1.165) is 11.0 Å². The summed E-state index contributed by atoms with van der Waals surface area (Å²) in [7, 11) is 0. The van der Waals surface area contributed by atoms with Crippen LogP contribution < -0.4 is 9.64 Å². The lowest BCUT2D eigenvalue weighted by molar-refractivity contribution is -0.274. The summed E-state index contributed by atoms with van der Waals surface area (Å²) in [6.07, 6.45) is -3.61. The van der Waals surface area contributed by atoms with Gasteiger partial charge in [-0.15, -0.1) is 13.2 Å². The molecule has 3 aromatic rings. The minimum absolute atomic E-state index is 0.00952. The Morgan fingerprint density at radius 2 is 1.83 bits per heavy atom. The van der Waals surface area contributed by atoms with Gasteiger partial charge in [0.05, 0.1) is 11.6 Å². The summed E-state index contributed by atoms with van der Waals surface area (Å²) in [4.78, 5) is 27.4. The fourth-order valence-corrected chi connectivity index (χ4v) is 4.01. The van der Waals surface area contributed by atoms with Gasteiger partial charge in [0.1, 0.15) is 17.7 Å². The third-order valence-corrected chi connectivity index (χ3v) is 5.42. The van der Waals surface area contributed by atoms with E-state index in [1.54, 1.807) is 44.2 Å². The minimum Gasteiger partial charge on any atom is -0.503 e. The molecule has 0 bridgehead atoms. The molecule has 1 atom stereocenters. The quantitative estimate of drug-likeness (QED) is 0.457. The predicted molar refractivity (Wildman–Crippen MR) is 119 cm³/mol. The number of Topliss-reactive ketones (excluding diaryl/α,β-unsaturated/α-hetero) is 1. The fourth-order valence-electron chi connectivity index (χ4n) is 4.01. The Hall–Kier alpha value is -4.08. The number of ether oxygens (including phenoxy) is 1. The highest BCUT2D eigenvalue weighted by atomic mass is 19.4. The molecule has 7 nitrogen and oxygen atoms in total. The molecular weight excluding hydrogens is 465 g/mol. The van der Waals surface area contributed by atoms with Crippen molar-refractivity contribution >= 4 is 17.4 Å². The zero-order valence-corrected chi connectivity index (χ0v) is 18.7. The molecule has 2 aromatic carbocycles. The molecule has 2 heterocycles. The van der Waals surface area contributed by atoms with E-state index in [1.165, 1.54) is 24.5 Å². The first-order chi connectivity index (χ1) is 16.6. The number of aliphatic hydroxyl groups is 1. The smallest absolute Gasteiger partial charge is 0.503 e. The van der Waals surface area contributed by atoms with Gasteiger partial charge in [-0.1, -0.05) is 49.3 Å². The number of benzene rings is 2. The second-order valence-electron chi connectivity index (χ2n) is 8.38. The number of aliphatic hydroxyl groups excluding tert-OH is 1. The van der Waals surface area contributed by atoms with Crippen molar-refractivity contribution in [2.24, 2.45) is 5.92 Å². The molecule has 10 heteroatoms. The Kier molecular flexibility index (Phi) is 6.38. The number of ketones is 1. The molecule has 1 aromatic heterocycles. The van der Waals surface area contributed by atoms with Gasteiger partial charge >= 0.3 is 6.36 Å². The average molecular weight is 486 g/mol. The normalized spacial score (nSPS) is 16.3. The van der Waals surface area contributed by atoms with Crippen molar-refractivity contribution in [1.82, 2.24) is 5.16 Å². The maximum Gasteiger partial charge on any atom is 0.573 e. The molecule has 1 aliphatic rings. The molecule has 1 unspecified atom stereocenters. The largest absolute Gasteiger partial charge is 0.573 e. The van der Waals surface area contributed by atoms with Gasteiger partial charge in [0.15, 0.2) is 11.5 Å². The average Bonchev–Trinajstić information content (AvgIpc) is 3.40. The summed E-state index contributed by atoms with van der Waals surface area (Å²) >= 11 is 0. The number of hydrogen-bond donors (Lipinski definition) is 1. The molecule has 35 heavy (non-hydrogen) atoms. The number of amides is 1. The second-order valence-corrected chi connectivity index (χ2v) is 8.38. The molecule has 1 N–H and O–H groups in total. The number of rotatable bonds is 7. The first kappa shape index (κ1) is 24.1. The summed E-state index contributed by atoms with van der Waals surface area (Å²) in [5, 5.41) is 14.6. The van der Waals surface area contributed by atoms with Crippen LogP contribution in [0.2, 0.25) is 0 Å². The highest BCUT2D eigenvalue weighted by molar-refractivity contribution is 6.16. The molecule has 1 aliphatic heterocycles. The Balaban J connectivity index is 1.84. The molecular formula is C25H21F3N2O5. The van der Waals surface area contributed by atoms with Crippen LogP contribution in [0.25, 0.3) is 11.3 Å². The van der Waals surface area contributed by atoms with Crippen molar-refractivity contribution in [2.75, 3.05) is 4.90 Å². The van der Waals surface area contributed by atoms with Crippen LogP contribution in [0, 0.1) is 5.92 Å². The van der Waals surface area contributed by atoms with Gasteiger partial charge in [-0.25, -0.2) is 0 Å².